The van der Waals surface area contributed by atoms with Gasteiger partial charge in [-0.25, -0.2) is 0 Å². The fraction of sp³-hybridized carbons (Fsp3) is 0.294. The SMILES string of the molecule is CN(Cc1ccccn1)[C@H](C(=O)O)c1ccc2c(c1)OCCO2. The Hall–Kier alpha value is -2.60. The van der Waals surface area contributed by atoms with Crippen molar-refractivity contribution in [1.29, 1.82) is 0 Å². The van der Waals surface area contributed by atoms with Crippen molar-refractivity contribution in [2.24, 2.45) is 0 Å². The first kappa shape index (κ1) is 15.3. The fourth-order valence-corrected chi connectivity index (χ4v) is 2.65. The van der Waals surface area contributed by atoms with Crippen molar-refractivity contribution in [2.45, 2.75) is 12.6 Å². The van der Waals surface area contributed by atoms with Crippen LogP contribution in [0.2, 0.25) is 0 Å². The van der Waals surface area contributed by atoms with E-state index in [1.165, 1.54) is 0 Å². The highest BCUT2D eigenvalue weighted by molar-refractivity contribution is 5.76. The molecule has 0 unspecified atom stereocenters. The van der Waals surface area contributed by atoms with E-state index in [-0.39, 0.29) is 0 Å². The monoisotopic (exact) mass is 314 g/mol. The summed E-state index contributed by atoms with van der Waals surface area (Å²) < 4.78 is 11.0. The van der Waals surface area contributed by atoms with E-state index in [2.05, 4.69) is 4.98 Å². The Labute approximate surface area is 134 Å². The molecule has 1 aromatic carbocycles. The first-order chi connectivity index (χ1) is 11.1. The predicted molar refractivity (Wildman–Crippen MR) is 83.5 cm³/mol. The number of rotatable bonds is 5. The molecule has 1 aliphatic heterocycles. The lowest BCUT2D eigenvalue weighted by Gasteiger charge is -2.26. The van der Waals surface area contributed by atoms with Gasteiger partial charge in [0.05, 0.1) is 5.69 Å². The van der Waals surface area contributed by atoms with E-state index in [1.807, 2.05) is 18.2 Å². The summed E-state index contributed by atoms with van der Waals surface area (Å²) in [5.41, 5.74) is 1.47. The van der Waals surface area contributed by atoms with Crippen LogP contribution in [0.4, 0.5) is 0 Å². The second-order valence-corrected chi connectivity index (χ2v) is 5.38. The molecule has 6 nitrogen and oxygen atoms in total. The van der Waals surface area contributed by atoms with Gasteiger partial charge in [0.2, 0.25) is 0 Å². The predicted octanol–water partition coefficient (Wildman–Crippen LogP) is 2.11. The number of likely N-dealkylation sites (N-methyl/N-ethyl adjacent to an activating group) is 1. The molecule has 0 saturated carbocycles. The molecular weight excluding hydrogens is 296 g/mol. The van der Waals surface area contributed by atoms with Gasteiger partial charge in [-0.2, -0.15) is 0 Å². The number of fused-ring (bicyclic) bond motifs is 1. The lowest BCUT2D eigenvalue weighted by molar-refractivity contribution is -0.143. The van der Waals surface area contributed by atoms with Crippen LogP contribution in [-0.2, 0) is 11.3 Å². The van der Waals surface area contributed by atoms with E-state index >= 15 is 0 Å². The number of pyridine rings is 1. The second kappa shape index (κ2) is 6.66. The summed E-state index contributed by atoms with van der Waals surface area (Å²) in [5.74, 6) is 0.322. The average Bonchev–Trinajstić information content (AvgIpc) is 2.55. The van der Waals surface area contributed by atoms with Gasteiger partial charge in [-0.15, -0.1) is 0 Å². The van der Waals surface area contributed by atoms with Gasteiger partial charge in [0.25, 0.3) is 0 Å². The van der Waals surface area contributed by atoms with E-state index in [4.69, 9.17) is 9.47 Å². The Morgan fingerprint density at radius 3 is 2.74 bits per heavy atom. The smallest absolute Gasteiger partial charge is 0.325 e. The molecule has 1 aromatic heterocycles. The molecule has 1 atom stereocenters. The topological polar surface area (TPSA) is 71.9 Å². The first-order valence-electron chi connectivity index (χ1n) is 7.37. The van der Waals surface area contributed by atoms with E-state index in [9.17, 15) is 9.90 Å². The number of carboxylic acids is 1. The molecule has 0 saturated heterocycles. The molecule has 0 amide bonds. The standard InChI is InChI=1S/C17H18N2O4/c1-19(11-13-4-2-3-7-18-13)16(17(20)21)12-5-6-14-15(10-12)23-9-8-22-14/h2-7,10,16H,8-9,11H2,1H3,(H,20,21)/t16-/m0/s1. The molecule has 6 heteroatoms. The van der Waals surface area contributed by atoms with Gasteiger partial charge in [-0.3, -0.25) is 14.7 Å². The van der Waals surface area contributed by atoms with Crippen LogP contribution >= 0.6 is 0 Å². The highest BCUT2D eigenvalue weighted by Gasteiger charge is 2.26. The number of hydrogen-bond acceptors (Lipinski definition) is 5. The molecule has 0 fully saturated rings. The van der Waals surface area contributed by atoms with Crippen LogP contribution in [0, 0.1) is 0 Å². The first-order valence-corrected chi connectivity index (χ1v) is 7.37. The summed E-state index contributed by atoms with van der Waals surface area (Å²) in [6.45, 7) is 1.42. The maximum absolute atomic E-state index is 11.8. The summed E-state index contributed by atoms with van der Waals surface area (Å²) in [6, 6.07) is 10.1. The summed E-state index contributed by atoms with van der Waals surface area (Å²) in [4.78, 5) is 17.8. The van der Waals surface area contributed by atoms with E-state index in [0.29, 0.717) is 36.8 Å². The third-order valence-electron chi connectivity index (χ3n) is 3.69. The minimum atomic E-state index is -0.917. The largest absolute Gasteiger partial charge is 0.486 e. The maximum atomic E-state index is 11.8. The molecule has 0 bridgehead atoms. The molecule has 23 heavy (non-hydrogen) atoms. The van der Waals surface area contributed by atoms with Gasteiger partial charge in [0, 0.05) is 12.7 Å². The van der Waals surface area contributed by atoms with Crippen molar-refractivity contribution in [3.05, 3.63) is 53.9 Å². The molecule has 0 aliphatic carbocycles. The number of aromatic nitrogens is 1. The molecule has 1 N–H and O–H groups in total. The molecule has 3 rings (SSSR count). The molecule has 0 spiro atoms. The fourth-order valence-electron chi connectivity index (χ4n) is 2.65. The summed E-state index contributed by atoms with van der Waals surface area (Å²) >= 11 is 0. The average molecular weight is 314 g/mol. The number of ether oxygens (including phenoxy) is 2. The lowest BCUT2D eigenvalue weighted by atomic mass is 10.0. The van der Waals surface area contributed by atoms with Crippen LogP contribution in [-0.4, -0.2) is 41.2 Å². The van der Waals surface area contributed by atoms with E-state index in [1.54, 1.807) is 36.3 Å². The Morgan fingerprint density at radius 1 is 1.26 bits per heavy atom. The van der Waals surface area contributed by atoms with Crippen molar-refractivity contribution in [3.63, 3.8) is 0 Å². The van der Waals surface area contributed by atoms with E-state index in [0.717, 1.165) is 5.69 Å². The van der Waals surface area contributed by atoms with Crippen molar-refractivity contribution in [1.82, 2.24) is 9.88 Å². The number of hydrogen-bond donors (Lipinski definition) is 1. The van der Waals surface area contributed by atoms with Crippen molar-refractivity contribution in [2.75, 3.05) is 20.3 Å². The van der Waals surface area contributed by atoms with Crippen LogP contribution in [0.15, 0.2) is 42.6 Å². The van der Waals surface area contributed by atoms with Crippen LogP contribution in [0.1, 0.15) is 17.3 Å². The third kappa shape index (κ3) is 3.43. The molecule has 0 radical (unpaired) electrons. The minimum Gasteiger partial charge on any atom is -0.486 e. The molecule has 120 valence electrons. The zero-order valence-corrected chi connectivity index (χ0v) is 12.8. The number of benzene rings is 1. The normalized spacial score (nSPS) is 14.5. The van der Waals surface area contributed by atoms with Crippen molar-refractivity contribution < 1.29 is 19.4 Å². The quantitative estimate of drug-likeness (QED) is 0.911. The zero-order valence-electron chi connectivity index (χ0n) is 12.8. The Morgan fingerprint density at radius 2 is 2.04 bits per heavy atom. The molecular formula is C17H18N2O4. The van der Waals surface area contributed by atoms with Gasteiger partial charge in [-0.05, 0) is 36.9 Å². The van der Waals surface area contributed by atoms with Crippen LogP contribution in [0.5, 0.6) is 11.5 Å². The summed E-state index contributed by atoms with van der Waals surface area (Å²) in [7, 11) is 1.77. The molecule has 2 heterocycles. The van der Waals surface area contributed by atoms with Crippen molar-refractivity contribution in [3.8, 4) is 11.5 Å². The van der Waals surface area contributed by atoms with Crippen molar-refractivity contribution >= 4 is 5.97 Å². The Bertz CT molecular complexity index is 690. The summed E-state index contributed by atoms with van der Waals surface area (Å²) in [6.07, 6.45) is 1.70. The zero-order chi connectivity index (χ0) is 16.2. The van der Waals surface area contributed by atoms with Gasteiger partial charge < -0.3 is 14.6 Å². The minimum absolute atomic E-state index is 0.437. The Balaban J connectivity index is 1.85. The second-order valence-electron chi connectivity index (χ2n) is 5.38. The number of carbonyl (C=O) groups is 1. The number of carboxylic acid groups (broad SMARTS) is 1. The van der Waals surface area contributed by atoms with Crippen LogP contribution in [0.25, 0.3) is 0 Å². The summed E-state index contributed by atoms with van der Waals surface area (Å²) in [5, 5.41) is 9.65. The maximum Gasteiger partial charge on any atom is 0.325 e. The Kier molecular flexibility index (Phi) is 4.43. The van der Waals surface area contributed by atoms with Gasteiger partial charge in [0.15, 0.2) is 11.5 Å². The van der Waals surface area contributed by atoms with Gasteiger partial charge >= 0.3 is 5.97 Å². The molecule has 2 aromatic rings. The lowest BCUT2D eigenvalue weighted by Crippen LogP contribution is -2.31. The van der Waals surface area contributed by atoms with Crippen LogP contribution < -0.4 is 9.47 Å². The van der Waals surface area contributed by atoms with Gasteiger partial charge in [0.1, 0.15) is 19.3 Å². The highest BCUT2D eigenvalue weighted by Crippen LogP contribution is 2.34. The highest BCUT2D eigenvalue weighted by atomic mass is 16.6. The van der Waals surface area contributed by atoms with E-state index < -0.39 is 12.0 Å². The third-order valence-corrected chi connectivity index (χ3v) is 3.69. The number of aliphatic carboxylic acids is 1. The molecule has 1 aliphatic rings. The van der Waals surface area contributed by atoms with Crippen LogP contribution in [0.3, 0.4) is 0 Å². The van der Waals surface area contributed by atoms with Gasteiger partial charge in [-0.1, -0.05) is 12.1 Å². The number of nitrogens with zero attached hydrogens (tertiary/aromatic N) is 2.